The van der Waals surface area contributed by atoms with Crippen molar-refractivity contribution in [1.29, 1.82) is 0 Å². The zero-order valence-corrected chi connectivity index (χ0v) is 12.0. The third-order valence-electron chi connectivity index (χ3n) is 3.09. The maximum atomic E-state index is 14.0. The number of amides is 1. The molecule has 0 aliphatic heterocycles. The molecule has 1 aromatic heterocycles. The lowest BCUT2D eigenvalue weighted by molar-refractivity contribution is -0.117. The predicted molar refractivity (Wildman–Crippen MR) is 78.4 cm³/mol. The third kappa shape index (κ3) is 3.56. The molecule has 0 bridgehead atoms. The molecule has 0 radical (unpaired) electrons. The number of carbonyl (C=O) groups is 1. The van der Waals surface area contributed by atoms with Crippen LogP contribution in [0.5, 0.6) is 5.75 Å². The molecular weight excluding hydrogens is 271 g/mol. The number of hydrogen-bond donors (Lipinski definition) is 1. The molecule has 5 heteroatoms. The Kier molecular flexibility index (Phi) is 4.52. The van der Waals surface area contributed by atoms with Crippen molar-refractivity contribution in [2.75, 3.05) is 6.61 Å². The van der Waals surface area contributed by atoms with E-state index in [2.05, 4.69) is 4.98 Å². The highest BCUT2D eigenvalue weighted by atomic mass is 19.1. The molecule has 0 saturated carbocycles. The number of aryl methyl sites for hydroxylation is 1. The number of halogens is 1. The molecular formula is C16H17FN2O2. The summed E-state index contributed by atoms with van der Waals surface area (Å²) >= 11 is 0. The van der Waals surface area contributed by atoms with Gasteiger partial charge in [-0.15, -0.1) is 0 Å². The van der Waals surface area contributed by atoms with Crippen molar-refractivity contribution in [2.45, 2.75) is 20.3 Å². The van der Waals surface area contributed by atoms with Crippen LogP contribution in [-0.4, -0.2) is 17.5 Å². The molecule has 0 fully saturated rings. The zero-order valence-electron chi connectivity index (χ0n) is 12.0. The van der Waals surface area contributed by atoms with E-state index >= 15 is 0 Å². The van der Waals surface area contributed by atoms with Crippen molar-refractivity contribution in [2.24, 2.45) is 5.73 Å². The van der Waals surface area contributed by atoms with E-state index in [0.717, 1.165) is 11.3 Å². The maximum absolute atomic E-state index is 14.0. The number of rotatable bonds is 5. The molecule has 0 atom stereocenters. The molecule has 0 spiro atoms. The zero-order chi connectivity index (χ0) is 15.4. The standard InChI is InChI=1S/C16H17FN2O2/c1-3-21-15-7-13(9-19-10(15)2)11-4-5-12(8-16(18)20)14(17)6-11/h4-7,9H,3,8H2,1-2H3,(H2,18,20). The number of aromatic nitrogens is 1. The quantitative estimate of drug-likeness (QED) is 0.919. The van der Waals surface area contributed by atoms with Crippen molar-refractivity contribution < 1.29 is 13.9 Å². The molecule has 4 nitrogen and oxygen atoms in total. The molecule has 0 aliphatic rings. The first-order valence-corrected chi connectivity index (χ1v) is 6.67. The van der Waals surface area contributed by atoms with Crippen LogP contribution in [0.25, 0.3) is 11.1 Å². The molecule has 1 amide bonds. The summed E-state index contributed by atoms with van der Waals surface area (Å²) in [5.74, 6) is -0.334. The first-order valence-electron chi connectivity index (χ1n) is 6.67. The van der Waals surface area contributed by atoms with Crippen molar-refractivity contribution >= 4 is 5.91 Å². The molecule has 2 N–H and O–H groups in total. The SMILES string of the molecule is CCOc1cc(-c2ccc(CC(N)=O)c(F)c2)cnc1C. The number of hydrogen-bond acceptors (Lipinski definition) is 3. The van der Waals surface area contributed by atoms with Gasteiger partial charge in [0.05, 0.1) is 18.7 Å². The van der Waals surface area contributed by atoms with E-state index in [1.54, 1.807) is 18.3 Å². The second kappa shape index (κ2) is 6.35. The molecule has 2 rings (SSSR count). The van der Waals surface area contributed by atoms with Gasteiger partial charge < -0.3 is 10.5 Å². The van der Waals surface area contributed by atoms with Gasteiger partial charge in [-0.25, -0.2) is 4.39 Å². The van der Waals surface area contributed by atoms with Crippen LogP contribution in [0.15, 0.2) is 30.5 Å². The van der Waals surface area contributed by atoms with Crippen LogP contribution in [0.1, 0.15) is 18.2 Å². The van der Waals surface area contributed by atoms with Crippen LogP contribution in [0.3, 0.4) is 0 Å². The second-order valence-electron chi connectivity index (χ2n) is 4.69. The second-order valence-corrected chi connectivity index (χ2v) is 4.69. The van der Waals surface area contributed by atoms with Crippen molar-refractivity contribution in [3.8, 4) is 16.9 Å². The molecule has 1 heterocycles. The van der Waals surface area contributed by atoms with Gasteiger partial charge in [-0.1, -0.05) is 12.1 Å². The average Bonchev–Trinajstić information content (AvgIpc) is 2.43. The normalized spacial score (nSPS) is 10.4. The lowest BCUT2D eigenvalue weighted by atomic mass is 10.0. The summed E-state index contributed by atoms with van der Waals surface area (Å²) in [5, 5.41) is 0. The molecule has 110 valence electrons. The van der Waals surface area contributed by atoms with E-state index < -0.39 is 11.7 Å². The molecule has 21 heavy (non-hydrogen) atoms. The van der Waals surface area contributed by atoms with Gasteiger partial charge in [0.15, 0.2) is 0 Å². The van der Waals surface area contributed by atoms with E-state index in [4.69, 9.17) is 10.5 Å². The molecule has 2 aromatic rings. The van der Waals surface area contributed by atoms with E-state index in [9.17, 15) is 9.18 Å². The average molecular weight is 288 g/mol. The molecule has 0 aliphatic carbocycles. The van der Waals surface area contributed by atoms with E-state index in [0.29, 0.717) is 17.9 Å². The summed E-state index contributed by atoms with van der Waals surface area (Å²) in [6.07, 6.45) is 1.56. The fourth-order valence-electron chi connectivity index (χ4n) is 2.03. The van der Waals surface area contributed by atoms with Crippen LogP contribution in [0.2, 0.25) is 0 Å². The van der Waals surface area contributed by atoms with Crippen LogP contribution >= 0.6 is 0 Å². The van der Waals surface area contributed by atoms with Crippen LogP contribution in [-0.2, 0) is 11.2 Å². The van der Waals surface area contributed by atoms with Gasteiger partial charge in [-0.05, 0) is 37.1 Å². The van der Waals surface area contributed by atoms with Crippen LogP contribution in [0.4, 0.5) is 4.39 Å². The maximum Gasteiger partial charge on any atom is 0.221 e. The van der Waals surface area contributed by atoms with Crippen molar-refractivity contribution in [3.63, 3.8) is 0 Å². The molecule has 1 aromatic carbocycles. The minimum Gasteiger partial charge on any atom is -0.492 e. The summed E-state index contributed by atoms with van der Waals surface area (Å²) < 4.78 is 19.5. The van der Waals surface area contributed by atoms with Gasteiger partial charge in [0.1, 0.15) is 11.6 Å². The highest BCUT2D eigenvalue weighted by molar-refractivity contribution is 5.77. The Morgan fingerprint density at radius 2 is 2.10 bits per heavy atom. The van der Waals surface area contributed by atoms with Crippen LogP contribution < -0.4 is 10.5 Å². The first kappa shape index (κ1) is 15.0. The largest absolute Gasteiger partial charge is 0.492 e. The lowest BCUT2D eigenvalue weighted by Gasteiger charge is -2.10. The number of nitrogens with zero attached hydrogens (tertiary/aromatic N) is 1. The van der Waals surface area contributed by atoms with E-state index in [1.807, 2.05) is 19.9 Å². The summed E-state index contributed by atoms with van der Waals surface area (Å²) in [5.41, 5.74) is 7.59. The highest BCUT2D eigenvalue weighted by Crippen LogP contribution is 2.26. The summed E-state index contributed by atoms with van der Waals surface area (Å²) in [4.78, 5) is 15.1. The number of primary amides is 1. The highest BCUT2D eigenvalue weighted by Gasteiger charge is 2.09. The minimum atomic E-state index is -0.558. The Balaban J connectivity index is 2.36. The Labute approximate surface area is 122 Å². The fraction of sp³-hybridized carbons (Fsp3) is 0.250. The summed E-state index contributed by atoms with van der Waals surface area (Å²) in [6.45, 7) is 4.29. The Morgan fingerprint density at radius 3 is 2.71 bits per heavy atom. The topological polar surface area (TPSA) is 65.2 Å². The summed E-state index contributed by atoms with van der Waals surface area (Å²) in [7, 11) is 0. The number of benzene rings is 1. The Morgan fingerprint density at radius 1 is 1.33 bits per heavy atom. The smallest absolute Gasteiger partial charge is 0.221 e. The Hall–Kier alpha value is -2.43. The third-order valence-corrected chi connectivity index (χ3v) is 3.09. The van der Waals surface area contributed by atoms with Gasteiger partial charge in [0.2, 0.25) is 5.91 Å². The number of nitrogens with two attached hydrogens (primary N) is 1. The Bertz CT molecular complexity index is 671. The van der Waals surface area contributed by atoms with Gasteiger partial charge >= 0.3 is 0 Å². The van der Waals surface area contributed by atoms with E-state index in [-0.39, 0.29) is 12.0 Å². The van der Waals surface area contributed by atoms with E-state index in [1.165, 1.54) is 6.07 Å². The van der Waals surface area contributed by atoms with Gasteiger partial charge in [-0.2, -0.15) is 0 Å². The van der Waals surface area contributed by atoms with Gasteiger partial charge in [0.25, 0.3) is 0 Å². The number of ether oxygens (including phenoxy) is 1. The summed E-state index contributed by atoms with van der Waals surface area (Å²) in [6, 6.07) is 6.51. The van der Waals surface area contributed by atoms with Crippen molar-refractivity contribution in [1.82, 2.24) is 4.98 Å². The number of pyridine rings is 1. The first-order chi connectivity index (χ1) is 10.0. The minimum absolute atomic E-state index is 0.109. The predicted octanol–water partition coefficient (Wildman–Crippen LogP) is 2.62. The van der Waals surface area contributed by atoms with Gasteiger partial charge in [-0.3, -0.25) is 9.78 Å². The molecule has 0 saturated heterocycles. The van der Waals surface area contributed by atoms with Gasteiger partial charge in [0, 0.05) is 11.8 Å². The fourth-order valence-corrected chi connectivity index (χ4v) is 2.03. The van der Waals surface area contributed by atoms with Crippen LogP contribution in [0, 0.1) is 12.7 Å². The number of carbonyl (C=O) groups excluding carboxylic acids is 1. The van der Waals surface area contributed by atoms with Crippen molar-refractivity contribution in [3.05, 3.63) is 47.5 Å². The monoisotopic (exact) mass is 288 g/mol. The lowest BCUT2D eigenvalue weighted by Crippen LogP contribution is -2.14. The molecule has 0 unspecified atom stereocenters.